The third kappa shape index (κ3) is 4.95. The van der Waals surface area contributed by atoms with Crippen LogP contribution in [0.25, 0.3) is 0 Å². The second kappa shape index (κ2) is 8.10. The number of carbonyl (C=O) groups is 1. The van der Waals surface area contributed by atoms with Gasteiger partial charge in [0.25, 0.3) is 0 Å². The van der Waals surface area contributed by atoms with Gasteiger partial charge in [0.15, 0.2) is 0 Å². The highest BCUT2D eigenvalue weighted by Crippen LogP contribution is 2.36. The van der Waals surface area contributed by atoms with Crippen molar-refractivity contribution in [3.63, 3.8) is 0 Å². The summed E-state index contributed by atoms with van der Waals surface area (Å²) in [5.74, 6) is -0.325. The summed E-state index contributed by atoms with van der Waals surface area (Å²) in [5.41, 5.74) is 1.49. The first-order valence-corrected chi connectivity index (χ1v) is 11.0. The molecule has 8 heteroatoms. The van der Waals surface area contributed by atoms with Gasteiger partial charge in [0.2, 0.25) is 15.9 Å². The standard InChI is InChI=1S/C19H21BrN2O4S/c20-16-5-3-15(4-6-16)19(9-11-26-12-10-19)18(23)22-17-7-1-14(2-8-17)13-27(21,24)25/h1-8H,9-13H2,(H,22,23)(H2,21,24,25). The first kappa shape index (κ1) is 20.0. The number of benzene rings is 2. The number of halogens is 1. The smallest absolute Gasteiger partial charge is 0.235 e. The van der Waals surface area contributed by atoms with Crippen molar-refractivity contribution in [3.05, 3.63) is 64.1 Å². The molecule has 0 aliphatic carbocycles. The predicted molar refractivity (Wildman–Crippen MR) is 108 cm³/mol. The van der Waals surface area contributed by atoms with Crippen molar-refractivity contribution in [2.75, 3.05) is 18.5 Å². The highest BCUT2D eigenvalue weighted by Gasteiger charge is 2.41. The molecule has 0 radical (unpaired) electrons. The molecule has 3 N–H and O–H groups in total. The van der Waals surface area contributed by atoms with E-state index in [4.69, 9.17) is 9.88 Å². The Hall–Kier alpha value is -1.74. The van der Waals surface area contributed by atoms with Crippen molar-refractivity contribution in [3.8, 4) is 0 Å². The van der Waals surface area contributed by atoms with E-state index in [1.807, 2.05) is 24.3 Å². The molecule has 1 aliphatic rings. The molecular weight excluding hydrogens is 432 g/mol. The number of nitrogens with two attached hydrogens (primary N) is 1. The van der Waals surface area contributed by atoms with E-state index >= 15 is 0 Å². The summed E-state index contributed by atoms with van der Waals surface area (Å²) in [7, 11) is -3.58. The van der Waals surface area contributed by atoms with E-state index in [0.29, 0.717) is 37.3 Å². The van der Waals surface area contributed by atoms with Gasteiger partial charge in [0, 0.05) is 23.4 Å². The van der Waals surface area contributed by atoms with E-state index in [1.165, 1.54) is 0 Å². The highest BCUT2D eigenvalue weighted by molar-refractivity contribution is 9.10. The molecular formula is C19H21BrN2O4S. The molecule has 1 heterocycles. The van der Waals surface area contributed by atoms with Gasteiger partial charge in [-0.25, -0.2) is 13.6 Å². The van der Waals surface area contributed by atoms with Crippen LogP contribution >= 0.6 is 15.9 Å². The zero-order valence-corrected chi connectivity index (χ0v) is 17.1. The van der Waals surface area contributed by atoms with Crippen LogP contribution in [-0.4, -0.2) is 27.5 Å². The van der Waals surface area contributed by atoms with Crippen molar-refractivity contribution >= 4 is 37.5 Å². The molecule has 0 spiro atoms. The molecule has 0 unspecified atom stereocenters. The summed E-state index contributed by atoms with van der Waals surface area (Å²) >= 11 is 3.43. The number of anilines is 1. The lowest BCUT2D eigenvalue weighted by atomic mass is 9.73. The van der Waals surface area contributed by atoms with E-state index in [-0.39, 0.29) is 11.7 Å². The minimum absolute atomic E-state index is 0.0904. The van der Waals surface area contributed by atoms with Crippen LogP contribution in [0.4, 0.5) is 5.69 Å². The third-order valence-corrected chi connectivity index (χ3v) is 6.02. The van der Waals surface area contributed by atoms with E-state index < -0.39 is 15.4 Å². The molecule has 1 amide bonds. The molecule has 144 valence electrons. The van der Waals surface area contributed by atoms with Crippen molar-refractivity contribution in [2.45, 2.75) is 24.0 Å². The number of hydrogen-bond donors (Lipinski definition) is 2. The molecule has 1 fully saturated rings. The molecule has 0 atom stereocenters. The van der Waals surface area contributed by atoms with Crippen LogP contribution in [0.3, 0.4) is 0 Å². The summed E-state index contributed by atoms with van der Waals surface area (Å²) in [5, 5.41) is 8.03. The second-order valence-corrected chi connectivity index (χ2v) is 9.19. The first-order valence-electron chi connectivity index (χ1n) is 8.53. The minimum Gasteiger partial charge on any atom is -0.381 e. The zero-order valence-electron chi connectivity index (χ0n) is 14.7. The van der Waals surface area contributed by atoms with Crippen LogP contribution in [0.5, 0.6) is 0 Å². The molecule has 1 saturated heterocycles. The number of carbonyl (C=O) groups excluding carboxylic acids is 1. The Balaban J connectivity index is 1.82. The Morgan fingerprint density at radius 2 is 1.67 bits per heavy atom. The van der Waals surface area contributed by atoms with Crippen molar-refractivity contribution in [1.82, 2.24) is 0 Å². The topological polar surface area (TPSA) is 98.5 Å². The normalized spacial score (nSPS) is 16.7. The average Bonchev–Trinajstić information content (AvgIpc) is 2.63. The third-order valence-electron chi connectivity index (χ3n) is 4.76. The number of rotatable bonds is 5. The lowest BCUT2D eigenvalue weighted by Gasteiger charge is -2.36. The number of amides is 1. The quantitative estimate of drug-likeness (QED) is 0.728. The van der Waals surface area contributed by atoms with E-state index in [1.54, 1.807) is 24.3 Å². The Kier molecular flexibility index (Phi) is 6.00. The number of hydrogen-bond acceptors (Lipinski definition) is 4. The fraction of sp³-hybridized carbons (Fsp3) is 0.316. The van der Waals surface area contributed by atoms with Gasteiger partial charge in [-0.3, -0.25) is 4.79 Å². The highest BCUT2D eigenvalue weighted by atomic mass is 79.9. The van der Waals surface area contributed by atoms with Gasteiger partial charge in [-0.05, 0) is 48.2 Å². The molecule has 3 rings (SSSR count). The number of ether oxygens (including phenoxy) is 1. The largest absolute Gasteiger partial charge is 0.381 e. The van der Waals surface area contributed by atoms with Crippen LogP contribution in [0.15, 0.2) is 53.0 Å². The van der Waals surface area contributed by atoms with Crippen molar-refractivity contribution in [1.29, 1.82) is 0 Å². The lowest BCUT2D eigenvalue weighted by Crippen LogP contribution is -2.44. The maximum absolute atomic E-state index is 13.2. The molecule has 6 nitrogen and oxygen atoms in total. The molecule has 0 saturated carbocycles. The van der Waals surface area contributed by atoms with Gasteiger partial charge in [0.05, 0.1) is 11.2 Å². The van der Waals surface area contributed by atoms with Gasteiger partial charge >= 0.3 is 0 Å². The zero-order chi connectivity index (χ0) is 19.5. The number of primary sulfonamides is 1. The molecule has 2 aromatic rings. The van der Waals surface area contributed by atoms with Crippen LogP contribution < -0.4 is 10.5 Å². The van der Waals surface area contributed by atoms with Gasteiger partial charge in [-0.2, -0.15) is 0 Å². The molecule has 2 aromatic carbocycles. The van der Waals surface area contributed by atoms with Gasteiger partial charge in [0.1, 0.15) is 0 Å². The first-order chi connectivity index (χ1) is 12.8. The van der Waals surface area contributed by atoms with Crippen LogP contribution in [0.1, 0.15) is 24.0 Å². The van der Waals surface area contributed by atoms with Crippen molar-refractivity contribution < 1.29 is 17.9 Å². The molecule has 27 heavy (non-hydrogen) atoms. The SMILES string of the molecule is NS(=O)(=O)Cc1ccc(NC(=O)C2(c3ccc(Br)cc3)CCOCC2)cc1. The predicted octanol–water partition coefficient (Wildman–Crippen LogP) is 2.92. The molecule has 0 bridgehead atoms. The van der Waals surface area contributed by atoms with E-state index in [2.05, 4.69) is 21.2 Å². The van der Waals surface area contributed by atoms with E-state index in [0.717, 1.165) is 10.0 Å². The maximum atomic E-state index is 13.2. The summed E-state index contributed by atoms with van der Waals surface area (Å²) < 4.78 is 28.8. The van der Waals surface area contributed by atoms with Gasteiger partial charge in [-0.15, -0.1) is 0 Å². The molecule has 0 aromatic heterocycles. The second-order valence-electron chi connectivity index (χ2n) is 6.66. The Labute approximate surface area is 167 Å². The Morgan fingerprint density at radius 1 is 1.07 bits per heavy atom. The minimum atomic E-state index is -3.58. The Morgan fingerprint density at radius 3 is 2.22 bits per heavy atom. The summed E-state index contributed by atoms with van der Waals surface area (Å²) in [4.78, 5) is 13.2. The van der Waals surface area contributed by atoms with Crippen LogP contribution in [0, 0.1) is 0 Å². The van der Waals surface area contributed by atoms with Gasteiger partial charge in [-0.1, -0.05) is 40.2 Å². The van der Waals surface area contributed by atoms with Gasteiger partial charge < -0.3 is 10.1 Å². The fourth-order valence-corrected chi connectivity index (χ4v) is 4.22. The molecule has 1 aliphatic heterocycles. The van der Waals surface area contributed by atoms with Crippen LogP contribution in [0.2, 0.25) is 0 Å². The Bertz CT molecular complexity index is 906. The fourth-order valence-electron chi connectivity index (χ4n) is 3.30. The monoisotopic (exact) mass is 452 g/mol. The number of sulfonamides is 1. The van der Waals surface area contributed by atoms with E-state index in [9.17, 15) is 13.2 Å². The summed E-state index contributed by atoms with van der Waals surface area (Å²) in [6.45, 7) is 1.05. The van der Waals surface area contributed by atoms with Crippen LogP contribution in [-0.2, 0) is 30.7 Å². The summed E-state index contributed by atoms with van der Waals surface area (Å²) in [6, 6.07) is 14.5. The van der Waals surface area contributed by atoms with Crippen molar-refractivity contribution in [2.24, 2.45) is 5.14 Å². The average molecular weight is 453 g/mol. The number of nitrogens with one attached hydrogen (secondary N) is 1. The lowest BCUT2D eigenvalue weighted by molar-refractivity contribution is -0.125. The summed E-state index contributed by atoms with van der Waals surface area (Å²) in [6.07, 6.45) is 1.20. The maximum Gasteiger partial charge on any atom is 0.235 e.